The molecule has 1 aromatic carbocycles. The van der Waals surface area contributed by atoms with Crippen molar-refractivity contribution in [2.24, 2.45) is 7.05 Å². The number of rotatable bonds is 4. The lowest BCUT2D eigenvalue weighted by molar-refractivity contribution is 0.581. The largest absolute Gasteiger partial charge is 0.357 e. The predicted molar refractivity (Wildman–Crippen MR) is 78.6 cm³/mol. The second-order valence-electron chi connectivity index (χ2n) is 4.06. The molecule has 1 N–H and O–H groups in total. The monoisotopic (exact) mass is 362 g/mol. The highest BCUT2D eigenvalue weighted by molar-refractivity contribution is 9.10. The second-order valence-corrected chi connectivity index (χ2v) is 7.03. The molecule has 102 valence electrons. The molecule has 0 radical (unpaired) electrons. The molecule has 0 unspecified atom stereocenters. The maximum Gasteiger partial charge on any atom is 0.243 e. The maximum absolute atomic E-state index is 12.2. The van der Waals surface area contributed by atoms with E-state index in [-0.39, 0.29) is 16.5 Å². The van der Waals surface area contributed by atoms with Crippen LogP contribution in [0.4, 0.5) is 0 Å². The van der Waals surface area contributed by atoms with E-state index in [2.05, 4.69) is 20.7 Å². The van der Waals surface area contributed by atoms with Crippen LogP contribution in [0.3, 0.4) is 0 Å². The van der Waals surface area contributed by atoms with Crippen molar-refractivity contribution >= 4 is 37.6 Å². The summed E-state index contributed by atoms with van der Waals surface area (Å²) in [5.74, 6) is 0. The van der Waals surface area contributed by atoms with Crippen LogP contribution in [0.15, 0.2) is 46.0 Å². The van der Waals surface area contributed by atoms with Gasteiger partial charge in [0.05, 0.1) is 5.02 Å². The Morgan fingerprint density at radius 3 is 2.68 bits per heavy atom. The fourth-order valence-electron chi connectivity index (χ4n) is 1.66. The molecule has 0 aliphatic heterocycles. The van der Waals surface area contributed by atoms with Gasteiger partial charge in [0.2, 0.25) is 10.0 Å². The summed E-state index contributed by atoms with van der Waals surface area (Å²) in [5.41, 5.74) is 0.884. The fourth-order valence-corrected chi connectivity index (χ4v) is 4.40. The lowest BCUT2D eigenvalue weighted by Gasteiger charge is -2.09. The molecule has 0 aliphatic rings. The van der Waals surface area contributed by atoms with Crippen molar-refractivity contribution in [3.05, 3.63) is 51.7 Å². The molecule has 0 aliphatic carbocycles. The van der Waals surface area contributed by atoms with E-state index >= 15 is 0 Å². The molecule has 0 saturated carbocycles. The van der Waals surface area contributed by atoms with Crippen molar-refractivity contribution < 1.29 is 8.42 Å². The van der Waals surface area contributed by atoms with Gasteiger partial charge in [-0.15, -0.1) is 0 Å². The summed E-state index contributed by atoms with van der Waals surface area (Å²) >= 11 is 9.15. The number of hydrogen-bond donors (Lipinski definition) is 1. The SMILES string of the molecule is Cn1ccc(CNS(=O)(=O)c2c(Cl)cccc2Br)c1. The van der Waals surface area contributed by atoms with E-state index in [4.69, 9.17) is 11.6 Å². The molecular formula is C12H12BrClN2O2S. The number of halogens is 2. The van der Waals surface area contributed by atoms with Crippen molar-refractivity contribution in [2.75, 3.05) is 0 Å². The van der Waals surface area contributed by atoms with Crippen molar-refractivity contribution in [1.82, 2.24) is 9.29 Å². The van der Waals surface area contributed by atoms with Gasteiger partial charge in [0.15, 0.2) is 0 Å². The number of nitrogens with one attached hydrogen (secondary N) is 1. The van der Waals surface area contributed by atoms with Crippen LogP contribution in [0, 0.1) is 0 Å². The normalized spacial score (nSPS) is 11.7. The summed E-state index contributed by atoms with van der Waals surface area (Å²) in [6.45, 7) is 0.223. The number of nitrogens with zero attached hydrogens (tertiary/aromatic N) is 1. The minimum absolute atomic E-state index is 0.0626. The highest BCUT2D eigenvalue weighted by atomic mass is 79.9. The molecule has 7 heteroatoms. The van der Waals surface area contributed by atoms with Crippen LogP contribution in [-0.4, -0.2) is 13.0 Å². The number of benzene rings is 1. The first-order valence-corrected chi connectivity index (χ1v) is 8.10. The molecule has 19 heavy (non-hydrogen) atoms. The van der Waals surface area contributed by atoms with Crippen LogP contribution in [0.5, 0.6) is 0 Å². The zero-order chi connectivity index (χ0) is 14.0. The highest BCUT2D eigenvalue weighted by Crippen LogP contribution is 2.29. The Morgan fingerprint density at radius 2 is 2.11 bits per heavy atom. The average molecular weight is 364 g/mol. The molecule has 0 spiro atoms. The number of hydrogen-bond acceptors (Lipinski definition) is 2. The van der Waals surface area contributed by atoms with Gasteiger partial charge < -0.3 is 4.57 Å². The lowest BCUT2D eigenvalue weighted by atomic mass is 10.3. The van der Waals surface area contributed by atoms with Crippen LogP contribution >= 0.6 is 27.5 Å². The van der Waals surface area contributed by atoms with E-state index < -0.39 is 10.0 Å². The smallest absolute Gasteiger partial charge is 0.243 e. The zero-order valence-electron chi connectivity index (χ0n) is 10.1. The molecule has 1 heterocycles. The van der Waals surface area contributed by atoms with Crippen LogP contribution in [-0.2, 0) is 23.6 Å². The summed E-state index contributed by atoms with van der Waals surface area (Å²) < 4.78 is 29.3. The first kappa shape index (κ1) is 14.6. The Morgan fingerprint density at radius 1 is 1.37 bits per heavy atom. The number of aromatic nitrogens is 1. The quantitative estimate of drug-likeness (QED) is 0.908. The van der Waals surface area contributed by atoms with E-state index in [0.29, 0.717) is 4.47 Å². The van der Waals surface area contributed by atoms with Crippen LogP contribution < -0.4 is 4.72 Å². The fraction of sp³-hybridized carbons (Fsp3) is 0.167. The Bertz CT molecular complexity index is 677. The van der Waals surface area contributed by atoms with E-state index in [9.17, 15) is 8.42 Å². The Labute approximate surface area is 125 Å². The Hall–Kier alpha value is -0.820. The molecule has 0 fully saturated rings. The molecule has 1 aromatic heterocycles. The maximum atomic E-state index is 12.2. The van der Waals surface area contributed by atoms with Gasteiger partial charge in [0.1, 0.15) is 4.90 Å². The Balaban J connectivity index is 2.23. The predicted octanol–water partition coefficient (Wildman–Crippen LogP) is 2.92. The van der Waals surface area contributed by atoms with E-state index in [1.807, 2.05) is 30.1 Å². The zero-order valence-corrected chi connectivity index (χ0v) is 13.3. The van der Waals surface area contributed by atoms with E-state index in [1.165, 1.54) is 0 Å². The van der Waals surface area contributed by atoms with E-state index in [1.54, 1.807) is 18.2 Å². The minimum atomic E-state index is -3.65. The molecule has 0 amide bonds. The molecule has 0 atom stereocenters. The van der Waals surface area contributed by atoms with Gasteiger partial charge in [-0.1, -0.05) is 17.7 Å². The summed E-state index contributed by atoms with van der Waals surface area (Å²) in [6.07, 6.45) is 3.71. The van der Waals surface area contributed by atoms with Gasteiger partial charge in [-0.05, 0) is 39.7 Å². The standard InChI is InChI=1S/C12H12BrClN2O2S/c1-16-6-5-9(8-16)7-15-19(17,18)12-10(13)3-2-4-11(12)14/h2-6,8,15H,7H2,1H3. The minimum Gasteiger partial charge on any atom is -0.357 e. The third-order valence-corrected chi connectivity index (χ3v) is 5.40. The summed E-state index contributed by atoms with van der Waals surface area (Å²) in [5, 5.41) is 0.190. The summed E-state index contributed by atoms with van der Waals surface area (Å²) in [6, 6.07) is 6.72. The summed E-state index contributed by atoms with van der Waals surface area (Å²) in [7, 11) is -1.77. The highest BCUT2D eigenvalue weighted by Gasteiger charge is 2.20. The van der Waals surface area contributed by atoms with Crippen molar-refractivity contribution in [3.63, 3.8) is 0 Å². The van der Waals surface area contributed by atoms with Crippen molar-refractivity contribution in [3.8, 4) is 0 Å². The molecule has 0 bridgehead atoms. The molecule has 2 aromatic rings. The van der Waals surface area contributed by atoms with Gasteiger partial charge in [-0.25, -0.2) is 13.1 Å². The first-order valence-electron chi connectivity index (χ1n) is 5.44. The molecule has 4 nitrogen and oxygen atoms in total. The van der Waals surface area contributed by atoms with Crippen LogP contribution in [0.2, 0.25) is 5.02 Å². The second kappa shape index (κ2) is 5.66. The van der Waals surface area contributed by atoms with Gasteiger partial charge in [0, 0.05) is 30.5 Å². The molecular weight excluding hydrogens is 352 g/mol. The van der Waals surface area contributed by atoms with E-state index in [0.717, 1.165) is 5.56 Å². The molecule has 0 saturated heterocycles. The van der Waals surface area contributed by atoms with Crippen LogP contribution in [0.25, 0.3) is 0 Å². The lowest BCUT2D eigenvalue weighted by Crippen LogP contribution is -2.23. The van der Waals surface area contributed by atoms with Crippen molar-refractivity contribution in [1.29, 1.82) is 0 Å². The van der Waals surface area contributed by atoms with Gasteiger partial charge >= 0.3 is 0 Å². The first-order chi connectivity index (χ1) is 8.90. The third-order valence-electron chi connectivity index (χ3n) is 2.55. The third kappa shape index (κ3) is 3.39. The average Bonchev–Trinajstić information content (AvgIpc) is 2.72. The summed E-state index contributed by atoms with van der Waals surface area (Å²) in [4.78, 5) is 0.0626. The van der Waals surface area contributed by atoms with Crippen molar-refractivity contribution in [2.45, 2.75) is 11.4 Å². The number of sulfonamides is 1. The van der Waals surface area contributed by atoms with Gasteiger partial charge in [-0.3, -0.25) is 0 Å². The molecule has 2 rings (SSSR count). The van der Waals surface area contributed by atoms with Crippen LogP contribution in [0.1, 0.15) is 5.56 Å². The topological polar surface area (TPSA) is 51.1 Å². The number of aryl methyl sites for hydroxylation is 1. The Kier molecular flexibility index (Phi) is 4.35. The van der Waals surface area contributed by atoms with Gasteiger partial charge in [-0.2, -0.15) is 0 Å². The van der Waals surface area contributed by atoms with Gasteiger partial charge in [0.25, 0.3) is 0 Å².